The number of rotatable bonds is 8. The second-order valence-electron chi connectivity index (χ2n) is 7.11. The first-order valence-corrected chi connectivity index (χ1v) is 9.72. The van der Waals surface area contributed by atoms with E-state index in [0.717, 1.165) is 8.96 Å². The summed E-state index contributed by atoms with van der Waals surface area (Å²) in [7, 11) is 0. The molecule has 0 spiro atoms. The molecule has 0 aliphatic carbocycles. The molecule has 2 aliphatic rings. The number of H-pyrrole nitrogens is 1. The van der Waals surface area contributed by atoms with E-state index in [1.54, 1.807) is 48.7 Å². The number of aromatic amines is 1. The Balaban J connectivity index is 1.52. The lowest BCUT2D eigenvalue weighted by atomic mass is 9.90. The van der Waals surface area contributed by atoms with Crippen molar-refractivity contribution in [1.29, 1.82) is 0 Å². The van der Waals surface area contributed by atoms with Gasteiger partial charge in [-0.3, -0.25) is 4.79 Å². The number of hydrogen-bond donors (Lipinski definition) is 2. The van der Waals surface area contributed by atoms with Crippen molar-refractivity contribution in [3.8, 4) is 11.4 Å². The van der Waals surface area contributed by atoms with Crippen molar-refractivity contribution in [2.45, 2.75) is 19.3 Å². The van der Waals surface area contributed by atoms with Gasteiger partial charge in [-0.2, -0.15) is 0 Å². The molecule has 8 nitrogen and oxygen atoms in total. The molecule has 0 saturated carbocycles. The molecule has 1 amide bonds. The van der Waals surface area contributed by atoms with Crippen LogP contribution in [-0.2, 0) is 4.79 Å². The smallest absolute Gasteiger partial charge is 0.389 e. The van der Waals surface area contributed by atoms with E-state index >= 15 is 8.63 Å². The van der Waals surface area contributed by atoms with Gasteiger partial charge >= 0.3 is 6.97 Å². The number of carbonyl (C=O) groups excluding carboxylic acids is 1. The van der Waals surface area contributed by atoms with E-state index in [9.17, 15) is 4.79 Å². The third kappa shape index (κ3) is 3.55. The Morgan fingerprint density at radius 3 is 2.97 bits per heavy atom. The third-order valence-electron chi connectivity index (χ3n) is 5.20. The van der Waals surface area contributed by atoms with Crippen molar-refractivity contribution in [1.82, 2.24) is 14.8 Å². The molecule has 2 N–H and O–H groups in total. The van der Waals surface area contributed by atoms with E-state index in [4.69, 9.17) is 5.53 Å². The maximum Gasteiger partial charge on any atom is 0.737 e. The van der Waals surface area contributed by atoms with Gasteiger partial charge in [0, 0.05) is 66.7 Å². The monoisotopic (exact) mass is 411 g/mol. The largest absolute Gasteiger partial charge is 0.737 e. The highest BCUT2D eigenvalue weighted by atomic mass is 19.2. The highest BCUT2D eigenvalue weighted by Crippen LogP contribution is 2.35. The van der Waals surface area contributed by atoms with E-state index in [1.165, 1.54) is 0 Å². The van der Waals surface area contributed by atoms with Crippen LogP contribution in [0.4, 0.5) is 8.63 Å². The number of fused-ring (bicyclic) bond motifs is 2. The number of carbonyl (C=O) groups is 1. The molecule has 2 aliphatic heterocycles. The van der Waals surface area contributed by atoms with E-state index in [0.29, 0.717) is 48.0 Å². The molecule has 0 radical (unpaired) electrons. The number of nitrogens with zero attached hydrogens (tertiary/aromatic N) is 5. The van der Waals surface area contributed by atoms with Crippen LogP contribution in [-0.4, -0.2) is 45.6 Å². The van der Waals surface area contributed by atoms with Crippen LogP contribution in [0.1, 0.15) is 25.0 Å². The highest BCUT2D eigenvalue weighted by molar-refractivity contribution is 6.58. The van der Waals surface area contributed by atoms with Crippen molar-refractivity contribution in [3.63, 3.8) is 0 Å². The summed E-state index contributed by atoms with van der Waals surface area (Å²) in [6.45, 7) is -3.43. The Kier molecular flexibility index (Phi) is 5.28. The molecule has 30 heavy (non-hydrogen) atoms. The van der Waals surface area contributed by atoms with Crippen LogP contribution in [0.5, 0.6) is 0 Å². The van der Waals surface area contributed by atoms with E-state index in [2.05, 4.69) is 20.3 Å². The minimum atomic E-state index is -4.11. The zero-order chi connectivity index (χ0) is 21.1. The second-order valence-corrected chi connectivity index (χ2v) is 7.11. The van der Waals surface area contributed by atoms with Gasteiger partial charge in [0.1, 0.15) is 5.71 Å². The molecule has 4 heterocycles. The summed E-state index contributed by atoms with van der Waals surface area (Å²) in [5.41, 5.74) is 10.5. The summed E-state index contributed by atoms with van der Waals surface area (Å²) < 4.78 is 33.4. The lowest BCUT2D eigenvalue weighted by Gasteiger charge is -2.30. The van der Waals surface area contributed by atoms with Crippen molar-refractivity contribution in [3.05, 3.63) is 64.4 Å². The fraction of sp³-hybridized carbons (Fsp3) is 0.263. The molecule has 154 valence electrons. The summed E-state index contributed by atoms with van der Waals surface area (Å²) >= 11 is 0. The molecule has 0 saturated heterocycles. The molecule has 0 bridgehead atoms. The average molecular weight is 411 g/mol. The van der Waals surface area contributed by atoms with E-state index in [-0.39, 0.29) is 18.7 Å². The van der Waals surface area contributed by atoms with Gasteiger partial charge < -0.3 is 27.9 Å². The zero-order valence-electron chi connectivity index (χ0n) is 16.1. The minimum Gasteiger partial charge on any atom is -0.389 e. The number of aromatic nitrogens is 2. The van der Waals surface area contributed by atoms with Crippen molar-refractivity contribution >= 4 is 24.7 Å². The Morgan fingerprint density at radius 1 is 1.33 bits per heavy atom. The van der Waals surface area contributed by atoms with Gasteiger partial charge in [0.05, 0.1) is 5.69 Å². The summed E-state index contributed by atoms with van der Waals surface area (Å²) in [6, 6.07) is 6.90. The Hall–Kier alpha value is -3.59. The molecule has 0 fully saturated rings. The molecular formula is C19H20BF2N7O. The van der Waals surface area contributed by atoms with Gasteiger partial charge in [-0.25, -0.2) is 0 Å². The van der Waals surface area contributed by atoms with Crippen LogP contribution in [0.2, 0.25) is 0 Å². The number of hydrogen-bond acceptors (Lipinski definition) is 2. The van der Waals surface area contributed by atoms with Gasteiger partial charge in [0.2, 0.25) is 5.91 Å². The second kappa shape index (κ2) is 8.04. The Bertz CT molecular complexity index is 1110. The summed E-state index contributed by atoms with van der Waals surface area (Å²) in [5, 5.41) is 6.11. The van der Waals surface area contributed by atoms with Gasteiger partial charge in [-0.15, -0.1) is 0 Å². The minimum absolute atomic E-state index is 0.0964. The van der Waals surface area contributed by atoms with Crippen LogP contribution in [0.3, 0.4) is 0 Å². The zero-order valence-corrected chi connectivity index (χ0v) is 16.1. The maximum absolute atomic E-state index is 15.6. The van der Waals surface area contributed by atoms with Crippen LogP contribution >= 0.6 is 0 Å². The first-order chi connectivity index (χ1) is 14.5. The SMILES string of the molecule is [N-]=[N+]=NCCCNC(=O)CCC1=[N+]2C(=Cc3ccc(-c4ccc[nH]4)n3[B-]2(F)F)C=C1. The summed E-state index contributed by atoms with van der Waals surface area (Å²) in [6.07, 6.45) is 7.56. The van der Waals surface area contributed by atoms with Gasteiger partial charge in [-0.1, -0.05) is 5.11 Å². The fourth-order valence-electron chi connectivity index (χ4n) is 3.87. The van der Waals surface area contributed by atoms with Gasteiger partial charge in [-0.05, 0) is 36.2 Å². The number of amides is 1. The lowest BCUT2D eigenvalue weighted by molar-refractivity contribution is -0.362. The standard InChI is InChI=1S/C19H20BF2N7O/c21-20(22)28-14(7-9-19(30)25-11-2-12-26-27-23)4-5-15(28)13-16-6-8-18(29(16)20)17-3-1-10-24-17/h1,3-6,8,10,13,24H,2,7,9,11-12H2,(H,25,30). The first kappa shape index (κ1) is 19.7. The van der Waals surface area contributed by atoms with Crippen molar-refractivity contribution in [2.24, 2.45) is 5.11 Å². The average Bonchev–Trinajstić information content (AvgIpc) is 3.45. The topological polar surface area (TPSA) is 102 Å². The van der Waals surface area contributed by atoms with Crippen LogP contribution in [0.15, 0.2) is 53.4 Å². The van der Waals surface area contributed by atoms with Crippen LogP contribution in [0, 0.1) is 0 Å². The van der Waals surface area contributed by atoms with Gasteiger partial charge in [0.15, 0.2) is 5.70 Å². The van der Waals surface area contributed by atoms with E-state index in [1.807, 2.05) is 0 Å². The van der Waals surface area contributed by atoms with E-state index < -0.39 is 6.97 Å². The molecule has 2 aromatic rings. The van der Waals surface area contributed by atoms with Crippen molar-refractivity contribution in [2.75, 3.05) is 13.1 Å². The van der Waals surface area contributed by atoms with Gasteiger partial charge in [0.25, 0.3) is 0 Å². The van der Waals surface area contributed by atoms with Crippen LogP contribution < -0.4 is 5.32 Å². The summed E-state index contributed by atoms with van der Waals surface area (Å²) in [4.78, 5) is 17.7. The number of azide groups is 1. The lowest BCUT2D eigenvalue weighted by Crippen LogP contribution is -2.50. The molecule has 0 aromatic carbocycles. The molecular weight excluding hydrogens is 391 g/mol. The maximum atomic E-state index is 15.6. The quantitative estimate of drug-likeness (QED) is 0.224. The third-order valence-corrected chi connectivity index (χ3v) is 5.20. The summed E-state index contributed by atoms with van der Waals surface area (Å²) in [5.74, 6) is -0.226. The van der Waals surface area contributed by atoms with Crippen molar-refractivity contribution < 1.29 is 17.9 Å². The normalized spacial score (nSPS) is 16.0. The molecule has 2 aromatic heterocycles. The fourth-order valence-corrected chi connectivity index (χ4v) is 3.87. The molecule has 0 unspecified atom stereocenters. The molecule has 11 heteroatoms. The Morgan fingerprint density at radius 2 is 2.20 bits per heavy atom. The first-order valence-electron chi connectivity index (χ1n) is 9.72. The predicted octanol–water partition coefficient (Wildman–Crippen LogP) is 3.68. The molecule has 4 rings (SSSR count). The predicted molar refractivity (Wildman–Crippen MR) is 111 cm³/mol. The number of allylic oxidation sites excluding steroid dienone is 2. The molecule has 0 atom stereocenters. The number of nitrogens with one attached hydrogen (secondary N) is 2. The Labute approximate surface area is 171 Å². The van der Waals surface area contributed by atoms with Crippen LogP contribution in [0.25, 0.3) is 27.9 Å². The number of halogens is 2. The highest BCUT2D eigenvalue weighted by Gasteiger charge is 2.52.